The molecule has 2 aromatic heterocycles. The van der Waals surface area contributed by atoms with Crippen molar-refractivity contribution in [2.45, 2.75) is 29.8 Å². The average molecular weight is 597 g/mol. The zero-order valence-electron chi connectivity index (χ0n) is 18.7. The van der Waals surface area contributed by atoms with Crippen LogP contribution in [0.2, 0.25) is 10.0 Å². The fourth-order valence-electron chi connectivity index (χ4n) is 3.70. The van der Waals surface area contributed by atoms with Crippen molar-refractivity contribution >= 4 is 51.2 Å². The van der Waals surface area contributed by atoms with Crippen LogP contribution in [0.15, 0.2) is 41.6 Å². The van der Waals surface area contributed by atoms with Gasteiger partial charge in [0.25, 0.3) is 0 Å². The Kier molecular flexibility index (Phi) is 6.10. The Labute approximate surface area is 221 Å². The number of primary amides is 1. The maximum absolute atomic E-state index is 13.4. The molecular weight excluding hydrogens is 582 g/mol. The second-order valence-electron chi connectivity index (χ2n) is 8.30. The standard InChI is InChI=1S/C21H15Cl2F5N6O3S/c22-13-7-12(38(24,25,26,27)28)8-14(23)17(13)34-18(32-20(36)37-10-11-1-5-31-6-2-11)16(15(9-29)33-34)21(3-4-21)19(30)35/h1-2,5-8H,3-4,10H2,(H2,30,35)(H,32,36). The third kappa shape index (κ3) is 5.19. The first-order valence-corrected chi connectivity index (χ1v) is 13.1. The van der Waals surface area contributed by atoms with Crippen LogP contribution in [0.4, 0.5) is 30.0 Å². The summed E-state index contributed by atoms with van der Waals surface area (Å²) in [6, 6.07) is 4.74. The van der Waals surface area contributed by atoms with Crippen LogP contribution in [0.3, 0.4) is 0 Å². The van der Waals surface area contributed by atoms with Gasteiger partial charge in [0, 0.05) is 18.0 Å². The predicted molar refractivity (Wildman–Crippen MR) is 128 cm³/mol. The van der Waals surface area contributed by atoms with Crippen molar-refractivity contribution in [1.29, 1.82) is 5.26 Å². The van der Waals surface area contributed by atoms with Gasteiger partial charge >= 0.3 is 16.3 Å². The van der Waals surface area contributed by atoms with Gasteiger partial charge in [0.1, 0.15) is 29.1 Å². The molecule has 17 heteroatoms. The highest BCUT2D eigenvalue weighted by Gasteiger charge is 2.65. The number of ether oxygens (including phenoxy) is 1. The summed E-state index contributed by atoms with van der Waals surface area (Å²) in [5.41, 5.74) is 3.47. The summed E-state index contributed by atoms with van der Waals surface area (Å²) in [6.45, 7) is -0.232. The van der Waals surface area contributed by atoms with Gasteiger partial charge in [0.2, 0.25) is 5.91 Å². The fourth-order valence-corrected chi connectivity index (χ4v) is 5.16. The molecule has 0 bridgehead atoms. The number of amides is 2. The Morgan fingerprint density at radius 3 is 2.21 bits per heavy atom. The summed E-state index contributed by atoms with van der Waals surface area (Å²) in [4.78, 5) is 26.4. The van der Waals surface area contributed by atoms with E-state index >= 15 is 0 Å². The molecule has 0 unspecified atom stereocenters. The Bertz CT molecular complexity index is 1500. The van der Waals surface area contributed by atoms with Gasteiger partial charge < -0.3 is 10.5 Å². The first kappa shape index (κ1) is 27.4. The lowest BCUT2D eigenvalue weighted by Crippen LogP contribution is -2.30. The van der Waals surface area contributed by atoms with Crippen molar-refractivity contribution in [3.63, 3.8) is 0 Å². The maximum atomic E-state index is 13.4. The van der Waals surface area contributed by atoms with E-state index in [1.807, 2.05) is 0 Å². The molecule has 4 rings (SSSR count). The maximum Gasteiger partial charge on any atom is 0.413 e. The van der Waals surface area contributed by atoms with E-state index in [0.29, 0.717) is 10.2 Å². The molecule has 2 amide bonds. The highest BCUT2D eigenvalue weighted by Crippen LogP contribution is 3.02. The van der Waals surface area contributed by atoms with Crippen LogP contribution in [-0.4, -0.2) is 26.8 Å². The van der Waals surface area contributed by atoms with E-state index in [1.54, 1.807) is 18.2 Å². The molecule has 38 heavy (non-hydrogen) atoms. The molecule has 2 heterocycles. The van der Waals surface area contributed by atoms with E-state index in [-0.39, 0.29) is 37.1 Å². The minimum absolute atomic E-state index is 0.0513. The van der Waals surface area contributed by atoms with E-state index in [4.69, 9.17) is 33.7 Å². The highest BCUT2D eigenvalue weighted by molar-refractivity contribution is 8.45. The Morgan fingerprint density at radius 1 is 1.16 bits per heavy atom. The number of carbonyl (C=O) groups is 2. The summed E-state index contributed by atoms with van der Waals surface area (Å²) >= 11 is 11.9. The highest BCUT2D eigenvalue weighted by atomic mass is 35.5. The van der Waals surface area contributed by atoms with E-state index in [1.165, 1.54) is 12.4 Å². The number of aromatic nitrogens is 3. The number of halogens is 7. The molecular formula is C21H15Cl2F5N6O3S. The first-order valence-electron chi connectivity index (χ1n) is 10.4. The quantitative estimate of drug-likeness (QED) is 0.304. The summed E-state index contributed by atoms with van der Waals surface area (Å²) < 4.78 is 72.7. The molecule has 0 radical (unpaired) electrons. The number of pyridine rings is 1. The summed E-state index contributed by atoms with van der Waals surface area (Å²) in [7, 11) is -10.2. The van der Waals surface area contributed by atoms with E-state index in [2.05, 4.69) is 15.4 Å². The topological polar surface area (TPSA) is 136 Å². The number of rotatable bonds is 7. The van der Waals surface area contributed by atoms with Crippen molar-refractivity contribution in [2.24, 2.45) is 5.73 Å². The Hall–Kier alpha value is -3.61. The van der Waals surface area contributed by atoms with Crippen molar-refractivity contribution in [3.05, 3.63) is 63.5 Å². The van der Waals surface area contributed by atoms with Crippen molar-refractivity contribution in [3.8, 4) is 11.8 Å². The molecule has 0 aliphatic heterocycles. The lowest BCUT2D eigenvalue weighted by atomic mass is 9.94. The van der Waals surface area contributed by atoms with E-state index in [9.17, 15) is 34.3 Å². The van der Waals surface area contributed by atoms with Gasteiger partial charge in [-0.15, -0.1) is 0 Å². The molecule has 3 aromatic rings. The number of carbonyl (C=O) groups excluding carboxylic acids is 2. The van der Waals surface area contributed by atoms with Crippen LogP contribution in [0.5, 0.6) is 0 Å². The first-order chi connectivity index (χ1) is 17.5. The molecule has 0 atom stereocenters. The Morgan fingerprint density at radius 2 is 1.74 bits per heavy atom. The van der Waals surface area contributed by atoms with E-state index < -0.39 is 59.8 Å². The minimum Gasteiger partial charge on any atom is -0.444 e. The Balaban J connectivity index is 1.85. The third-order valence-corrected chi connectivity index (χ3v) is 7.38. The van der Waals surface area contributed by atoms with Crippen LogP contribution < -0.4 is 11.1 Å². The molecule has 1 aliphatic rings. The molecule has 0 spiro atoms. The van der Waals surface area contributed by atoms with Crippen molar-refractivity contribution in [1.82, 2.24) is 14.8 Å². The third-order valence-electron chi connectivity index (χ3n) is 5.68. The van der Waals surface area contributed by atoms with Gasteiger partial charge in [-0.1, -0.05) is 42.6 Å². The number of nitrogens with two attached hydrogens (primary N) is 1. The zero-order valence-corrected chi connectivity index (χ0v) is 21.1. The van der Waals surface area contributed by atoms with Gasteiger partial charge in [0.15, 0.2) is 5.69 Å². The molecule has 1 aromatic carbocycles. The SMILES string of the molecule is N#Cc1nn(-c2c(Cl)cc(S(F)(F)(F)(F)F)cc2Cl)c(NC(=O)OCc2ccncc2)c1C1(C(N)=O)CC1. The normalized spacial score (nSPS) is 16.1. The lowest BCUT2D eigenvalue weighted by molar-refractivity contribution is -0.120. The number of anilines is 1. The molecule has 1 fully saturated rings. The van der Waals surface area contributed by atoms with Crippen LogP contribution >= 0.6 is 33.4 Å². The predicted octanol–water partition coefficient (Wildman–Crippen LogP) is 6.37. The lowest BCUT2D eigenvalue weighted by Gasteiger charge is -2.40. The average Bonchev–Trinajstić information content (AvgIpc) is 3.54. The number of benzene rings is 1. The molecule has 9 nitrogen and oxygen atoms in total. The number of nitrogens with zero attached hydrogens (tertiary/aromatic N) is 4. The summed E-state index contributed by atoms with van der Waals surface area (Å²) in [5.74, 6) is -1.28. The number of nitrogens with one attached hydrogen (secondary N) is 1. The van der Waals surface area contributed by atoms with Crippen LogP contribution in [-0.2, 0) is 21.6 Å². The monoisotopic (exact) mass is 596 g/mol. The van der Waals surface area contributed by atoms with Gasteiger partial charge in [0.05, 0.1) is 15.5 Å². The van der Waals surface area contributed by atoms with Gasteiger partial charge in [-0.2, -0.15) is 10.4 Å². The summed E-state index contributed by atoms with van der Waals surface area (Å²) in [5, 5.41) is 14.1. The van der Waals surface area contributed by atoms with E-state index in [0.717, 1.165) is 0 Å². The largest absolute Gasteiger partial charge is 0.444 e. The zero-order chi connectivity index (χ0) is 28.2. The van der Waals surface area contributed by atoms with Crippen molar-refractivity contribution < 1.29 is 33.8 Å². The minimum atomic E-state index is -10.2. The van der Waals surface area contributed by atoms with Gasteiger partial charge in [-0.25, -0.2) is 9.48 Å². The molecule has 202 valence electrons. The second-order valence-corrected chi connectivity index (χ2v) is 11.5. The number of nitriles is 1. The smallest absolute Gasteiger partial charge is 0.413 e. The van der Waals surface area contributed by atoms with Crippen LogP contribution in [0.25, 0.3) is 5.69 Å². The number of hydrogen-bond donors (Lipinski definition) is 2. The second kappa shape index (κ2) is 8.45. The molecule has 3 N–H and O–H groups in total. The van der Waals surface area contributed by atoms with Gasteiger partial charge in [-0.05, 0) is 42.7 Å². The van der Waals surface area contributed by atoms with Crippen LogP contribution in [0, 0.1) is 11.3 Å². The van der Waals surface area contributed by atoms with Crippen molar-refractivity contribution in [2.75, 3.05) is 5.32 Å². The summed E-state index contributed by atoms with van der Waals surface area (Å²) in [6.07, 6.45) is 2.10. The molecule has 1 saturated carbocycles. The van der Waals surface area contributed by atoms with Gasteiger partial charge in [-0.3, -0.25) is 15.1 Å². The fraction of sp³-hybridized carbons (Fsp3) is 0.190. The van der Waals surface area contributed by atoms with Crippen LogP contribution in [0.1, 0.15) is 29.7 Å². The molecule has 1 aliphatic carbocycles. The molecule has 0 saturated heterocycles. The number of hydrogen-bond acceptors (Lipinski definition) is 6.